The normalized spacial score (nSPS) is 10.5. The molecule has 0 saturated carbocycles. The Morgan fingerprint density at radius 3 is 2.71 bits per heavy atom. The molecule has 0 bridgehead atoms. The van der Waals surface area contributed by atoms with Crippen LogP contribution in [0.15, 0.2) is 24.3 Å². The molecule has 1 aromatic heterocycles. The molecule has 0 amide bonds. The van der Waals surface area contributed by atoms with Crippen molar-refractivity contribution in [3.8, 4) is 16.3 Å². The van der Waals surface area contributed by atoms with Crippen LogP contribution in [-0.2, 0) is 13.0 Å². The summed E-state index contributed by atoms with van der Waals surface area (Å²) >= 11 is 1.62. The fourth-order valence-electron chi connectivity index (χ4n) is 1.72. The molecule has 90 valence electrons. The summed E-state index contributed by atoms with van der Waals surface area (Å²) in [6.45, 7) is 2.06. The van der Waals surface area contributed by atoms with Gasteiger partial charge in [0.25, 0.3) is 0 Å². The van der Waals surface area contributed by atoms with Crippen molar-refractivity contribution in [1.29, 1.82) is 0 Å². The van der Waals surface area contributed by atoms with Gasteiger partial charge in [-0.25, -0.2) is 4.98 Å². The molecule has 1 heterocycles. The lowest BCUT2D eigenvalue weighted by atomic mass is 10.2. The lowest BCUT2D eigenvalue weighted by Gasteiger charge is -2.04. The summed E-state index contributed by atoms with van der Waals surface area (Å²) in [5, 5.41) is 10.2. The standard InChI is InChI=1S/C13H15NO2S/c1-3-12-10(8-15)14-13(17-12)9-6-4-5-7-11(9)16-2/h4-7,15H,3,8H2,1-2H3. The van der Waals surface area contributed by atoms with Crippen LogP contribution in [0.1, 0.15) is 17.5 Å². The molecule has 0 unspecified atom stereocenters. The number of rotatable bonds is 4. The third kappa shape index (κ3) is 2.33. The van der Waals surface area contributed by atoms with Gasteiger partial charge in [-0.1, -0.05) is 19.1 Å². The molecule has 0 saturated heterocycles. The van der Waals surface area contributed by atoms with Gasteiger partial charge in [0.1, 0.15) is 10.8 Å². The fourth-order valence-corrected chi connectivity index (χ4v) is 2.76. The van der Waals surface area contributed by atoms with Crippen molar-refractivity contribution >= 4 is 11.3 Å². The molecule has 1 aromatic carbocycles. The number of ether oxygens (including phenoxy) is 1. The lowest BCUT2D eigenvalue weighted by molar-refractivity contribution is 0.276. The summed E-state index contributed by atoms with van der Waals surface area (Å²) in [5.41, 5.74) is 1.76. The molecule has 2 aromatic rings. The van der Waals surface area contributed by atoms with Crippen molar-refractivity contribution in [1.82, 2.24) is 4.98 Å². The SMILES string of the molecule is CCc1sc(-c2ccccc2OC)nc1CO. The maximum atomic E-state index is 9.25. The molecule has 2 rings (SSSR count). The summed E-state index contributed by atoms with van der Waals surface area (Å²) in [5.74, 6) is 0.813. The predicted molar refractivity (Wildman–Crippen MR) is 69.4 cm³/mol. The van der Waals surface area contributed by atoms with E-state index in [-0.39, 0.29) is 6.61 Å². The average molecular weight is 249 g/mol. The smallest absolute Gasteiger partial charge is 0.129 e. The van der Waals surface area contributed by atoms with E-state index in [2.05, 4.69) is 11.9 Å². The summed E-state index contributed by atoms with van der Waals surface area (Å²) < 4.78 is 5.32. The number of aromatic nitrogens is 1. The van der Waals surface area contributed by atoms with Gasteiger partial charge < -0.3 is 9.84 Å². The molecule has 4 heteroatoms. The minimum absolute atomic E-state index is 0.00514. The first kappa shape index (κ1) is 12.1. The zero-order valence-electron chi connectivity index (χ0n) is 9.93. The maximum absolute atomic E-state index is 9.25. The Kier molecular flexibility index (Phi) is 3.76. The van der Waals surface area contributed by atoms with E-state index in [1.165, 1.54) is 0 Å². The minimum atomic E-state index is -0.00514. The Hall–Kier alpha value is -1.39. The van der Waals surface area contributed by atoms with Crippen LogP contribution < -0.4 is 4.74 Å². The summed E-state index contributed by atoms with van der Waals surface area (Å²) in [7, 11) is 1.65. The van der Waals surface area contributed by atoms with Gasteiger partial charge in [0.15, 0.2) is 0 Å². The predicted octanol–water partition coefficient (Wildman–Crippen LogP) is 2.87. The van der Waals surface area contributed by atoms with E-state index in [0.29, 0.717) is 0 Å². The molecule has 3 nitrogen and oxygen atoms in total. The van der Waals surface area contributed by atoms with Crippen molar-refractivity contribution < 1.29 is 9.84 Å². The van der Waals surface area contributed by atoms with Crippen molar-refractivity contribution in [3.63, 3.8) is 0 Å². The molecule has 1 N–H and O–H groups in total. The Balaban J connectivity index is 2.49. The van der Waals surface area contributed by atoms with E-state index in [9.17, 15) is 5.11 Å². The van der Waals surface area contributed by atoms with Gasteiger partial charge in [0.2, 0.25) is 0 Å². The first-order valence-corrected chi connectivity index (χ1v) is 6.34. The quantitative estimate of drug-likeness (QED) is 0.906. The highest BCUT2D eigenvalue weighted by atomic mass is 32.1. The van der Waals surface area contributed by atoms with E-state index >= 15 is 0 Å². The molecule has 0 aliphatic rings. The van der Waals surface area contributed by atoms with E-state index in [0.717, 1.165) is 33.3 Å². The highest BCUT2D eigenvalue weighted by Gasteiger charge is 2.13. The first-order valence-electron chi connectivity index (χ1n) is 5.53. The zero-order valence-corrected chi connectivity index (χ0v) is 10.8. The van der Waals surface area contributed by atoms with E-state index in [1.54, 1.807) is 18.4 Å². The van der Waals surface area contributed by atoms with Crippen LogP contribution in [-0.4, -0.2) is 17.2 Å². The molecule has 0 fully saturated rings. The van der Waals surface area contributed by atoms with Gasteiger partial charge in [0, 0.05) is 4.88 Å². The number of aryl methyl sites for hydroxylation is 1. The highest BCUT2D eigenvalue weighted by molar-refractivity contribution is 7.15. The molecule has 0 radical (unpaired) electrons. The van der Waals surface area contributed by atoms with Crippen LogP contribution in [0.2, 0.25) is 0 Å². The van der Waals surface area contributed by atoms with Gasteiger partial charge in [0.05, 0.1) is 25.0 Å². The Morgan fingerprint density at radius 1 is 1.35 bits per heavy atom. The van der Waals surface area contributed by atoms with Gasteiger partial charge in [-0.05, 0) is 18.6 Å². The van der Waals surface area contributed by atoms with Crippen molar-refractivity contribution in [3.05, 3.63) is 34.8 Å². The Morgan fingerprint density at radius 2 is 2.12 bits per heavy atom. The highest BCUT2D eigenvalue weighted by Crippen LogP contribution is 2.34. The number of aliphatic hydroxyl groups is 1. The average Bonchev–Trinajstić information content (AvgIpc) is 2.81. The molecule has 0 aliphatic heterocycles. The van der Waals surface area contributed by atoms with Crippen molar-refractivity contribution in [2.24, 2.45) is 0 Å². The number of para-hydroxylation sites is 1. The third-order valence-corrected chi connectivity index (χ3v) is 3.86. The van der Waals surface area contributed by atoms with Gasteiger partial charge in [-0.2, -0.15) is 0 Å². The number of hydrogen-bond acceptors (Lipinski definition) is 4. The minimum Gasteiger partial charge on any atom is -0.496 e. The molecule has 0 aliphatic carbocycles. The van der Waals surface area contributed by atoms with Crippen LogP contribution in [0, 0.1) is 0 Å². The fraction of sp³-hybridized carbons (Fsp3) is 0.308. The first-order chi connectivity index (χ1) is 8.30. The topological polar surface area (TPSA) is 42.4 Å². The lowest BCUT2D eigenvalue weighted by Crippen LogP contribution is -1.89. The van der Waals surface area contributed by atoms with Crippen molar-refractivity contribution in [2.75, 3.05) is 7.11 Å². The van der Waals surface area contributed by atoms with Crippen LogP contribution in [0.25, 0.3) is 10.6 Å². The Labute approximate surface area is 105 Å². The number of thiazole rings is 1. The zero-order chi connectivity index (χ0) is 12.3. The number of aliphatic hydroxyl groups excluding tert-OH is 1. The largest absolute Gasteiger partial charge is 0.496 e. The van der Waals surface area contributed by atoms with Crippen LogP contribution in [0.3, 0.4) is 0 Å². The summed E-state index contributed by atoms with van der Waals surface area (Å²) in [6, 6.07) is 7.80. The number of benzene rings is 1. The van der Waals surface area contributed by atoms with Crippen molar-refractivity contribution in [2.45, 2.75) is 20.0 Å². The summed E-state index contributed by atoms with van der Waals surface area (Å²) in [6.07, 6.45) is 0.892. The van der Waals surface area contributed by atoms with Gasteiger partial charge in [-0.15, -0.1) is 11.3 Å². The Bertz CT molecular complexity index is 486. The van der Waals surface area contributed by atoms with Crippen LogP contribution >= 0.6 is 11.3 Å². The number of hydrogen-bond donors (Lipinski definition) is 1. The number of nitrogens with zero attached hydrogens (tertiary/aromatic N) is 1. The second-order valence-electron chi connectivity index (χ2n) is 3.60. The van der Waals surface area contributed by atoms with Crippen LogP contribution in [0.4, 0.5) is 0 Å². The second kappa shape index (κ2) is 5.29. The monoisotopic (exact) mass is 249 g/mol. The summed E-state index contributed by atoms with van der Waals surface area (Å²) in [4.78, 5) is 5.60. The van der Waals surface area contributed by atoms with Gasteiger partial charge >= 0.3 is 0 Å². The molecular formula is C13H15NO2S. The molecule has 0 atom stereocenters. The van der Waals surface area contributed by atoms with E-state index in [4.69, 9.17) is 4.74 Å². The van der Waals surface area contributed by atoms with E-state index in [1.807, 2.05) is 24.3 Å². The number of methoxy groups -OCH3 is 1. The molecule has 0 spiro atoms. The second-order valence-corrected chi connectivity index (χ2v) is 4.68. The third-order valence-electron chi connectivity index (χ3n) is 2.59. The molecule has 17 heavy (non-hydrogen) atoms. The van der Waals surface area contributed by atoms with Crippen LogP contribution in [0.5, 0.6) is 5.75 Å². The maximum Gasteiger partial charge on any atom is 0.129 e. The van der Waals surface area contributed by atoms with E-state index < -0.39 is 0 Å². The van der Waals surface area contributed by atoms with Gasteiger partial charge in [-0.3, -0.25) is 0 Å². The molecular weight excluding hydrogens is 234 g/mol.